The van der Waals surface area contributed by atoms with E-state index >= 15 is 0 Å². The van der Waals surface area contributed by atoms with E-state index in [9.17, 15) is 9.59 Å². The summed E-state index contributed by atoms with van der Waals surface area (Å²) in [6.45, 7) is 2.28. The first-order valence-electron chi connectivity index (χ1n) is 7.03. The van der Waals surface area contributed by atoms with Gasteiger partial charge in [0.05, 0.1) is 18.2 Å². The van der Waals surface area contributed by atoms with Crippen LogP contribution >= 0.6 is 0 Å². The van der Waals surface area contributed by atoms with E-state index < -0.39 is 5.92 Å². The number of hydrogen-bond acceptors (Lipinski definition) is 4. The highest BCUT2D eigenvalue weighted by atomic mass is 16.5. The first kappa shape index (κ1) is 13.5. The molecule has 3 rings (SSSR count). The number of nitrogens with one attached hydrogen (secondary N) is 1. The van der Waals surface area contributed by atoms with Crippen LogP contribution in [0.2, 0.25) is 0 Å². The second kappa shape index (κ2) is 5.52. The summed E-state index contributed by atoms with van der Waals surface area (Å²) in [5, 5.41) is 6.69. The van der Waals surface area contributed by atoms with Gasteiger partial charge in [0.1, 0.15) is 0 Å². The molecule has 5 nitrogen and oxygen atoms in total. The predicted molar refractivity (Wildman–Crippen MR) is 75.9 cm³/mol. The zero-order chi connectivity index (χ0) is 14.8. The average Bonchev–Trinajstić information content (AvgIpc) is 3.10. The summed E-state index contributed by atoms with van der Waals surface area (Å²) < 4.78 is 5.13. The molecule has 1 aromatic carbocycles. The van der Waals surface area contributed by atoms with Crippen molar-refractivity contribution in [2.45, 2.75) is 32.2 Å². The van der Waals surface area contributed by atoms with Crippen molar-refractivity contribution in [2.24, 2.45) is 0 Å². The van der Waals surface area contributed by atoms with Gasteiger partial charge in [0.25, 0.3) is 0 Å². The topological polar surface area (TPSA) is 72.2 Å². The Bertz CT molecular complexity index is 690. The lowest BCUT2D eigenvalue weighted by Gasteiger charge is -2.10. The molecule has 5 heteroatoms. The number of rotatable bonds is 4. The van der Waals surface area contributed by atoms with Crippen molar-refractivity contribution < 1.29 is 14.1 Å². The maximum absolute atomic E-state index is 12.3. The Morgan fingerprint density at radius 3 is 3.00 bits per heavy atom. The van der Waals surface area contributed by atoms with Crippen molar-refractivity contribution >= 4 is 11.7 Å². The summed E-state index contributed by atoms with van der Waals surface area (Å²) in [5.74, 6) is 0.0986. The fourth-order valence-electron chi connectivity index (χ4n) is 2.60. The lowest BCUT2D eigenvalue weighted by molar-refractivity contribution is -0.122. The average molecular weight is 284 g/mol. The number of benzene rings is 1. The molecule has 2 aromatic rings. The zero-order valence-corrected chi connectivity index (χ0v) is 11.8. The highest BCUT2D eigenvalue weighted by Crippen LogP contribution is 2.32. The molecular formula is C16H16N2O3. The number of carbonyl (C=O) groups is 2. The van der Waals surface area contributed by atoms with Crippen molar-refractivity contribution in [2.75, 3.05) is 0 Å². The quantitative estimate of drug-likeness (QED) is 0.934. The fraction of sp³-hybridized carbons (Fsp3) is 0.312. The second-order valence-corrected chi connectivity index (χ2v) is 5.12. The number of ketones is 1. The van der Waals surface area contributed by atoms with Crippen LogP contribution in [0.5, 0.6) is 0 Å². The standard InChI is InChI=1S/C16H16N2O3/c1-2-10-7-11(21-18-10)9-17-16(20)14-8-15(19)13-6-4-3-5-12(13)14/h3-7,14H,2,8-9H2,1H3,(H,17,20). The number of carbonyl (C=O) groups excluding carboxylic acids is 2. The molecule has 1 unspecified atom stereocenters. The Balaban J connectivity index is 1.68. The zero-order valence-electron chi connectivity index (χ0n) is 11.8. The van der Waals surface area contributed by atoms with E-state index in [2.05, 4.69) is 10.5 Å². The van der Waals surface area contributed by atoms with E-state index in [0.717, 1.165) is 17.7 Å². The largest absolute Gasteiger partial charge is 0.359 e. The van der Waals surface area contributed by atoms with Crippen LogP contribution in [0, 0.1) is 0 Å². The maximum Gasteiger partial charge on any atom is 0.228 e. The van der Waals surface area contributed by atoms with Crippen molar-refractivity contribution in [1.29, 1.82) is 0 Å². The molecule has 0 saturated heterocycles. The Labute approximate surface area is 122 Å². The predicted octanol–water partition coefficient (Wildman–Crippen LogP) is 2.22. The fourth-order valence-corrected chi connectivity index (χ4v) is 2.60. The van der Waals surface area contributed by atoms with Crippen LogP contribution in [0.25, 0.3) is 0 Å². The van der Waals surface area contributed by atoms with Gasteiger partial charge in [0.2, 0.25) is 5.91 Å². The van der Waals surface area contributed by atoms with Gasteiger partial charge in [-0.2, -0.15) is 0 Å². The van der Waals surface area contributed by atoms with Crippen LogP contribution in [-0.2, 0) is 17.8 Å². The number of nitrogens with zero attached hydrogens (tertiary/aromatic N) is 1. The van der Waals surface area contributed by atoms with Gasteiger partial charge in [-0.15, -0.1) is 0 Å². The van der Waals surface area contributed by atoms with E-state index in [1.54, 1.807) is 6.07 Å². The summed E-state index contributed by atoms with van der Waals surface area (Å²) in [6.07, 6.45) is 1.03. The Kier molecular flexibility index (Phi) is 3.56. The van der Waals surface area contributed by atoms with Crippen molar-refractivity contribution in [3.8, 4) is 0 Å². The Morgan fingerprint density at radius 2 is 2.24 bits per heavy atom. The molecule has 21 heavy (non-hydrogen) atoms. The van der Waals surface area contributed by atoms with Gasteiger partial charge in [-0.1, -0.05) is 36.3 Å². The molecule has 1 aliphatic rings. The molecule has 1 aliphatic carbocycles. The molecule has 1 amide bonds. The van der Waals surface area contributed by atoms with Crippen molar-refractivity contribution in [3.05, 3.63) is 52.9 Å². The summed E-state index contributed by atoms with van der Waals surface area (Å²) >= 11 is 0. The highest BCUT2D eigenvalue weighted by molar-refractivity contribution is 6.06. The molecule has 0 aliphatic heterocycles. The summed E-state index contributed by atoms with van der Waals surface area (Å²) in [7, 11) is 0. The van der Waals surface area contributed by atoms with E-state index in [1.165, 1.54) is 0 Å². The number of aromatic nitrogens is 1. The van der Waals surface area contributed by atoms with Crippen LogP contribution in [0.1, 0.15) is 46.6 Å². The SMILES string of the molecule is CCc1cc(CNC(=O)C2CC(=O)c3ccccc32)on1. The molecule has 1 heterocycles. The number of fused-ring (bicyclic) bond motifs is 1. The second-order valence-electron chi connectivity index (χ2n) is 5.12. The smallest absolute Gasteiger partial charge is 0.228 e. The third-order valence-electron chi connectivity index (χ3n) is 3.75. The number of amides is 1. The highest BCUT2D eigenvalue weighted by Gasteiger charge is 2.33. The van der Waals surface area contributed by atoms with Crippen LogP contribution in [-0.4, -0.2) is 16.8 Å². The molecule has 0 saturated carbocycles. The van der Waals surface area contributed by atoms with Gasteiger partial charge in [-0.25, -0.2) is 0 Å². The van der Waals surface area contributed by atoms with Crippen LogP contribution < -0.4 is 5.32 Å². The van der Waals surface area contributed by atoms with Crippen LogP contribution in [0.3, 0.4) is 0 Å². The molecule has 1 aromatic heterocycles. The minimum absolute atomic E-state index is 0.0266. The van der Waals surface area contributed by atoms with Gasteiger partial charge in [-0.05, 0) is 12.0 Å². The first-order valence-corrected chi connectivity index (χ1v) is 7.03. The Morgan fingerprint density at radius 1 is 1.43 bits per heavy atom. The van der Waals surface area contributed by atoms with E-state index in [0.29, 0.717) is 17.9 Å². The Hall–Kier alpha value is -2.43. The van der Waals surface area contributed by atoms with Gasteiger partial charge < -0.3 is 9.84 Å². The van der Waals surface area contributed by atoms with Gasteiger partial charge in [-0.3, -0.25) is 9.59 Å². The maximum atomic E-state index is 12.3. The molecule has 0 radical (unpaired) electrons. The van der Waals surface area contributed by atoms with E-state index in [1.807, 2.05) is 31.2 Å². The molecule has 1 atom stereocenters. The molecular weight excluding hydrogens is 268 g/mol. The van der Waals surface area contributed by atoms with Crippen LogP contribution in [0.4, 0.5) is 0 Å². The minimum atomic E-state index is -0.401. The summed E-state index contributed by atoms with van der Waals surface area (Å²) in [6, 6.07) is 9.11. The van der Waals surface area contributed by atoms with Crippen LogP contribution in [0.15, 0.2) is 34.9 Å². The minimum Gasteiger partial charge on any atom is -0.359 e. The molecule has 0 bridgehead atoms. The normalized spacial score (nSPS) is 16.8. The molecule has 0 spiro atoms. The van der Waals surface area contributed by atoms with Crippen molar-refractivity contribution in [3.63, 3.8) is 0 Å². The molecule has 1 N–H and O–H groups in total. The molecule has 108 valence electrons. The van der Waals surface area contributed by atoms with Gasteiger partial charge in [0, 0.05) is 18.1 Å². The third kappa shape index (κ3) is 2.59. The van der Waals surface area contributed by atoms with E-state index in [-0.39, 0.29) is 18.1 Å². The van der Waals surface area contributed by atoms with Gasteiger partial charge >= 0.3 is 0 Å². The van der Waals surface area contributed by atoms with Gasteiger partial charge in [0.15, 0.2) is 11.5 Å². The number of hydrogen-bond donors (Lipinski definition) is 1. The third-order valence-corrected chi connectivity index (χ3v) is 3.75. The lowest BCUT2D eigenvalue weighted by atomic mass is 10.0. The molecule has 0 fully saturated rings. The summed E-state index contributed by atoms with van der Waals surface area (Å²) in [4.78, 5) is 24.2. The lowest BCUT2D eigenvalue weighted by Crippen LogP contribution is -2.27. The van der Waals surface area contributed by atoms with E-state index in [4.69, 9.17) is 4.52 Å². The summed E-state index contributed by atoms with van der Waals surface area (Å²) in [5.41, 5.74) is 2.33. The first-order chi connectivity index (χ1) is 10.2. The number of aryl methyl sites for hydroxylation is 1. The van der Waals surface area contributed by atoms with Crippen molar-refractivity contribution in [1.82, 2.24) is 10.5 Å². The number of Topliss-reactive ketones (excluding diaryl/α,β-unsaturated/α-hetero) is 1. The monoisotopic (exact) mass is 284 g/mol.